The lowest BCUT2D eigenvalue weighted by Gasteiger charge is -2.32. The van der Waals surface area contributed by atoms with E-state index < -0.39 is 10.0 Å². The molecule has 2 aromatic rings. The second kappa shape index (κ2) is 7.68. The van der Waals surface area contributed by atoms with Gasteiger partial charge in [0, 0.05) is 30.6 Å². The van der Waals surface area contributed by atoms with Crippen LogP contribution in [0.1, 0.15) is 28.5 Å². The summed E-state index contributed by atoms with van der Waals surface area (Å²) in [6, 6.07) is 5.64. The molecule has 1 aliphatic rings. The molecule has 142 valence electrons. The standard InChI is InChI=1S/C19H26N2O3S2/c1-13-9-17(10-14(2)19(13)24-4)26(22,23)20-11-15(3)21-7-5-18-16(12-21)6-8-25-18/h6,8-10,15,20H,5,7,11-12H2,1-4H3. The molecule has 7 heteroatoms. The highest BCUT2D eigenvalue weighted by Crippen LogP contribution is 2.27. The highest BCUT2D eigenvalue weighted by molar-refractivity contribution is 7.89. The molecule has 5 nitrogen and oxygen atoms in total. The molecule has 1 atom stereocenters. The van der Waals surface area contributed by atoms with Crippen LogP contribution >= 0.6 is 11.3 Å². The molecule has 0 aliphatic carbocycles. The number of hydrogen-bond donors (Lipinski definition) is 1. The summed E-state index contributed by atoms with van der Waals surface area (Å²) in [4.78, 5) is 4.08. The van der Waals surface area contributed by atoms with E-state index in [0.29, 0.717) is 11.4 Å². The molecule has 0 saturated carbocycles. The van der Waals surface area contributed by atoms with Crippen molar-refractivity contribution in [2.45, 2.75) is 44.7 Å². The third-order valence-corrected chi connectivity index (χ3v) is 7.40. The smallest absolute Gasteiger partial charge is 0.240 e. The van der Waals surface area contributed by atoms with E-state index in [0.717, 1.165) is 36.4 Å². The first kappa shape index (κ1) is 19.4. The third kappa shape index (κ3) is 3.96. The molecule has 1 aromatic heterocycles. The highest BCUT2D eigenvalue weighted by atomic mass is 32.2. The Hall–Kier alpha value is -1.41. The zero-order valence-electron chi connectivity index (χ0n) is 15.7. The fourth-order valence-corrected chi connectivity index (χ4v) is 5.66. The van der Waals surface area contributed by atoms with Gasteiger partial charge in [0.05, 0.1) is 12.0 Å². The van der Waals surface area contributed by atoms with Gasteiger partial charge in [-0.05, 0) is 67.5 Å². The Morgan fingerprint density at radius 3 is 2.65 bits per heavy atom. The van der Waals surface area contributed by atoms with Crippen molar-refractivity contribution < 1.29 is 13.2 Å². The van der Waals surface area contributed by atoms with E-state index in [1.165, 1.54) is 10.4 Å². The van der Waals surface area contributed by atoms with Gasteiger partial charge in [-0.2, -0.15) is 0 Å². The van der Waals surface area contributed by atoms with Gasteiger partial charge in [0.15, 0.2) is 0 Å². The molecule has 1 aliphatic heterocycles. The number of methoxy groups -OCH3 is 1. The van der Waals surface area contributed by atoms with Crippen LogP contribution in [0.4, 0.5) is 0 Å². The average Bonchev–Trinajstić information content (AvgIpc) is 3.07. The van der Waals surface area contributed by atoms with Crippen LogP contribution in [0.5, 0.6) is 5.75 Å². The Labute approximate surface area is 160 Å². The summed E-state index contributed by atoms with van der Waals surface area (Å²) in [5.41, 5.74) is 3.02. The second-order valence-corrected chi connectivity index (χ2v) is 9.65. The topological polar surface area (TPSA) is 58.6 Å². The van der Waals surface area contributed by atoms with Gasteiger partial charge in [-0.3, -0.25) is 4.90 Å². The van der Waals surface area contributed by atoms with Gasteiger partial charge < -0.3 is 4.74 Å². The predicted octanol–water partition coefficient (Wildman–Crippen LogP) is 3.10. The maximum absolute atomic E-state index is 12.7. The molecule has 1 aromatic carbocycles. The number of aryl methyl sites for hydroxylation is 2. The number of ether oxygens (including phenoxy) is 1. The number of nitrogens with one attached hydrogen (secondary N) is 1. The quantitative estimate of drug-likeness (QED) is 0.818. The molecule has 0 spiro atoms. The molecule has 1 N–H and O–H groups in total. The van der Waals surface area contributed by atoms with Crippen LogP contribution in [-0.2, 0) is 23.0 Å². The molecule has 2 heterocycles. The molecule has 3 rings (SSSR count). The minimum atomic E-state index is -3.54. The lowest BCUT2D eigenvalue weighted by molar-refractivity contribution is 0.193. The molecule has 1 unspecified atom stereocenters. The molecule has 0 saturated heterocycles. The lowest BCUT2D eigenvalue weighted by Crippen LogP contribution is -2.44. The summed E-state index contributed by atoms with van der Waals surface area (Å²) < 4.78 is 33.5. The van der Waals surface area contributed by atoms with Crippen LogP contribution in [0.3, 0.4) is 0 Å². The Kier molecular flexibility index (Phi) is 5.72. The monoisotopic (exact) mass is 394 g/mol. The molecule has 0 radical (unpaired) electrons. The van der Waals surface area contributed by atoms with Crippen LogP contribution in [0.25, 0.3) is 0 Å². The normalized spacial score (nSPS) is 16.3. The van der Waals surface area contributed by atoms with Crippen LogP contribution in [-0.4, -0.2) is 39.6 Å². The van der Waals surface area contributed by atoms with Crippen molar-refractivity contribution in [3.63, 3.8) is 0 Å². The number of fused-ring (bicyclic) bond motifs is 1. The molecule has 0 fully saturated rings. The van der Waals surface area contributed by atoms with Crippen LogP contribution in [0, 0.1) is 13.8 Å². The van der Waals surface area contributed by atoms with Gasteiger partial charge in [0.1, 0.15) is 5.75 Å². The van der Waals surface area contributed by atoms with Crippen molar-refractivity contribution in [3.05, 3.63) is 45.1 Å². The lowest BCUT2D eigenvalue weighted by atomic mass is 10.1. The zero-order chi connectivity index (χ0) is 18.9. The molecule has 0 bridgehead atoms. The number of nitrogens with zero attached hydrogens (tertiary/aromatic N) is 1. The van der Waals surface area contributed by atoms with Crippen molar-refractivity contribution in [1.29, 1.82) is 0 Å². The summed E-state index contributed by atoms with van der Waals surface area (Å²) in [5, 5.41) is 2.13. The second-order valence-electron chi connectivity index (χ2n) is 6.88. The van der Waals surface area contributed by atoms with Gasteiger partial charge in [-0.15, -0.1) is 11.3 Å². The van der Waals surface area contributed by atoms with Gasteiger partial charge in [-0.25, -0.2) is 13.1 Å². The maximum Gasteiger partial charge on any atom is 0.240 e. The van der Waals surface area contributed by atoms with E-state index in [9.17, 15) is 8.42 Å². The van der Waals surface area contributed by atoms with Gasteiger partial charge in [0.25, 0.3) is 0 Å². The minimum absolute atomic E-state index is 0.137. The van der Waals surface area contributed by atoms with E-state index in [1.807, 2.05) is 25.2 Å². The Balaban J connectivity index is 1.67. The summed E-state index contributed by atoms with van der Waals surface area (Å²) >= 11 is 1.81. The van der Waals surface area contributed by atoms with E-state index in [-0.39, 0.29) is 6.04 Å². The summed E-state index contributed by atoms with van der Waals surface area (Å²) in [5.74, 6) is 0.734. The zero-order valence-corrected chi connectivity index (χ0v) is 17.3. The first-order valence-corrected chi connectivity index (χ1v) is 11.1. The minimum Gasteiger partial charge on any atom is -0.496 e. The van der Waals surface area contributed by atoms with Gasteiger partial charge >= 0.3 is 0 Å². The van der Waals surface area contributed by atoms with Crippen molar-refractivity contribution in [3.8, 4) is 5.75 Å². The maximum atomic E-state index is 12.7. The van der Waals surface area contributed by atoms with Crippen LogP contribution in [0.15, 0.2) is 28.5 Å². The number of sulfonamides is 1. The first-order chi connectivity index (χ1) is 12.3. The molecule has 0 amide bonds. The Morgan fingerprint density at radius 1 is 1.31 bits per heavy atom. The molecular formula is C19H26N2O3S2. The van der Waals surface area contributed by atoms with E-state index >= 15 is 0 Å². The van der Waals surface area contributed by atoms with Crippen LogP contribution < -0.4 is 9.46 Å². The predicted molar refractivity (Wildman–Crippen MR) is 106 cm³/mol. The average molecular weight is 395 g/mol. The summed E-state index contributed by atoms with van der Waals surface area (Å²) in [6.07, 6.45) is 1.04. The number of benzene rings is 1. The van der Waals surface area contributed by atoms with Crippen molar-refractivity contribution >= 4 is 21.4 Å². The Morgan fingerprint density at radius 2 is 2.00 bits per heavy atom. The van der Waals surface area contributed by atoms with Crippen LogP contribution in [0.2, 0.25) is 0 Å². The van der Waals surface area contributed by atoms with Crippen molar-refractivity contribution in [2.24, 2.45) is 0 Å². The number of rotatable bonds is 6. The van der Waals surface area contributed by atoms with Crippen molar-refractivity contribution in [2.75, 3.05) is 20.2 Å². The highest BCUT2D eigenvalue weighted by Gasteiger charge is 2.24. The largest absolute Gasteiger partial charge is 0.496 e. The molecule has 26 heavy (non-hydrogen) atoms. The van der Waals surface area contributed by atoms with E-state index in [4.69, 9.17) is 4.74 Å². The Bertz CT molecular complexity index is 867. The SMILES string of the molecule is COc1c(C)cc(S(=O)(=O)NCC(C)N2CCc3sccc3C2)cc1C. The summed E-state index contributed by atoms with van der Waals surface area (Å²) in [6.45, 7) is 8.05. The summed E-state index contributed by atoms with van der Waals surface area (Å²) in [7, 11) is -1.95. The van der Waals surface area contributed by atoms with Crippen molar-refractivity contribution in [1.82, 2.24) is 9.62 Å². The number of hydrogen-bond acceptors (Lipinski definition) is 5. The third-order valence-electron chi connectivity index (χ3n) is 4.98. The molecular weight excluding hydrogens is 368 g/mol. The van der Waals surface area contributed by atoms with E-state index in [2.05, 4.69) is 28.0 Å². The number of thiophene rings is 1. The van der Waals surface area contributed by atoms with Gasteiger partial charge in [-0.1, -0.05) is 0 Å². The van der Waals surface area contributed by atoms with Gasteiger partial charge in [0.2, 0.25) is 10.0 Å². The fraction of sp³-hybridized carbons (Fsp3) is 0.474. The fourth-order valence-electron chi connectivity index (χ4n) is 3.48. The first-order valence-electron chi connectivity index (χ1n) is 8.76. The van der Waals surface area contributed by atoms with E-state index in [1.54, 1.807) is 19.2 Å².